The van der Waals surface area contributed by atoms with E-state index in [0.717, 1.165) is 18.5 Å². The summed E-state index contributed by atoms with van der Waals surface area (Å²) < 4.78 is 5.37. The Labute approximate surface area is 120 Å². The molecule has 0 N–H and O–H groups in total. The molecule has 0 atom stereocenters. The van der Waals surface area contributed by atoms with Crippen LogP contribution in [0.5, 0.6) is 0 Å². The molecule has 0 amide bonds. The molecule has 0 aromatic heterocycles. The van der Waals surface area contributed by atoms with Crippen molar-refractivity contribution in [2.45, 2.75) is 63.0 Å². The molecular weight excluding hydrogens is 296 g/mol. The largest absolute Gasteiger partial charge is 0.381 e. The van der Waals surface area contributed by atoms with Gasteiger partial charge in [-0.05, 0) is 31.4 Å². The zero-order chi connectivity index (χ0) is 12.2. The van der Waals surface area contributed by atoms with Gasteiger partial charge in [0.25, 0.3) is 0 Å². The van der Waals surface area contributed by atoms with Crippen LogP contribution in [0.15, 0.2) is 0 Å². The van der Waals surface area contributed by atoms with Gasteiger partial charge in [-0.1, -0.05) is 48.0 Å². The van der Waals surface area contributed by atoms with Crippen LogP contribution >= 0.6 is 27.7 Å². The summed E-state index contributed by atoms with van der Waals surface area (Å²) in [6, 6.07) is 0. The maximum Gasteiger partial charge on any atom is 0.0476 e. The smallest absolute Gasteiger partial charge is 0.0476 e. The Bertz CT molecular complexity index is 160. The Morgan fingerprint density at radius 3 is 2.12 bits per heavy atom. The molecular formula is C14H27BrOS. The third-order valence-corrected chi connectivity index (χ3v) is 5.33. The quantitative estimate of drug-likeness (QED) is 0.412. The number of alkyl halides is 1. The van der Waals surface area contributed by atoms with Crippen LogP contribution in [-0.2, 0) is 4.74 Å². The molecule has 0 saturated carbocycles. The SMILES string of the molecule is BrCCCCCCCCCSC1CCOCC1. The molecule has 0 aliphatic carbocycles. The molecule has 1 aliphatic rings. The van der Waals surface area contributed by atoms with Gasteiger partial charge in [0, 0.05) is 23.8 Å². The van der Waals surface area contributed by atoms with Gasteiger partial charge in [-0.25, -0.2) is 0 Å². The Morgan fingerprint density at radius 2 is 1.47 bits per heavy atom. The van der Waals surface area contributed by atoms with E-state index < -0.39 is 0 Å². The van der Waals surface area contributed by atoms with Crippen LogP contribution in [0.1, 0.15) is 57.8 Å². The Balaban J connectivity index is 1.75. The van der Waals surface area contributed by atoms with Crippen molar-refractivity contribution in [2.75, 3.05) is 24.3 Å². The van der Waals surface area contributed by atoms with E-state index in [1.165, 1.54) is 68.9 Å². The minimum Gasteiger partial charge on any atom is -0.381 e. The number of hydrogen-bond acceptors (Lipinski definition) is 2. The molecule has 1 fully saturated rings. The number of ether oxygens (including phenoxy) is 1. The van der Waals surface area contributed by atoms with Crippen LogP contribution in [-0.4, -0.2) is 29.5 Å². The van der Waals surface area contributed by atoms with E-state index >= 15 is 0 Å². The van der Waals surface area contributed by atoms with Crippen LogP contribution in [0.25, 0.3) is 0 Å². The molecule has 3 heteroatoms. The van der Waals surface area contributed by atoms with Crippen molar-refractivity contribution in [3.05, 3.63) is 0 Å². The topological polar surface area (TPSA) is 9.23 Å². The van der Waals surface area contributed by atoms with Gasteiger partial charge in [-0.15, -0.1) is 0 Å². The van der Waals surface area contributed by atoms with Gasteiger partial charge in [0.2, 0.25) is 0 Å². The Morgan fingerprint density at radius 1 is 0.882 bits per heavy atom. The average molecular weight is 323 g/mol. The molecule has 1 saturated heterocycles. The fraction of sp³-hybridized carbons (Fsp3) is 1.00. The summed E-state index contributed by atoms with van der Waals surface area (Å²) in [4.78, 5) is 0. The minimum absolute atomic E-state index is 0.891. The van der Waals surface area contributed by atoms with E-state index in [0.29, 0.717) is 0 Å². The summed E-state index contributed by atoms with van der Waals surface area (Å²) in [5.41, 5.74) is 0. The number of thioether (sulfide) groups is 1. The standard InChI is InChI=1S/C14H27BrOS/c15-10-6-4-2-1-3-5-7-13-17-14-8-11-16-12-9-14/h14H,1-13H2. The maximum atomic E-state index is 5.37. The lowest BCUT2D eigenvalue weighted by Crippen LogP contribution is -2.17. The third kappa shape index (κ3) is 9.38. The van der Waals surface area contributed by atoms with Gasteiger partial charge in [-0.3, -0.25) is 0 Å². The second kappa shape index (κ2) is 11.9. The van der Waals surface area contributed by atoms with Crippen molar-refractivity contribution in [3.8, 4) is 0 Å². The predicted molar refractivity (Wildman–Crippen MR) is 82.4 cm³/mol. The van der Waals surface area contributed by atoms with E-state index in [9.17, 15) is 0 Å². The number of unbranched alkanes of at least 4 members (excludes halogenated alkanes) is 6. The molecule has 1 nitrogen and oxygen atoms in total. The summed E-state index contributed by atoms with van der Waals surface area (Å²) in [6.07, 6.45) is 12.5. The molecule has 1 aliphatic heterocycles. The highest BCUT2D eigenvalue weighted by Crippen LogP contribution is 2.23. The van der Waals surface area contributed by atoms with E-state index in [-0.39, 0.29) is 0 Å². The van der Waals surface area contributed by atoms with Crippen LogP contribution in [0.3, 0.4) is 0 Å². The highest BCUT2D eigenvalue weighted by atomic mass is 79.9. The highest BCUT2D eigenvalue weighted by molar-refractivity contribution is 9.09. The first-order chi connectivity index (χ1) is 8.43. The molecule has 0 aromatic rings. The lowest BCUT2D eigenvalue weighted by atomic mass is 10.1. The third-order valence-electron chi connectivity index (χ3n) is 3.30. The van der Waals surface area contributed by atoms with E-state index in [4.69, 9.17) is 4.74 Å². The Hall–Kier alpha value is 0.790. The number of halogens is 1. The zero-order valence-electron chi connectivity index (χ0n) is 11.0. The maximum absolute atomic E-state index is 5.37. The van der Waals surface area contributed by atoms with Gasteiger partial charge >= 0.3 is 0 Å². The van der Waals surface area contributed by atoms with E-state index in [2.05, 4.69) is 27.7 Å². The van der Waals surface area contributed by atoms with E-state index in [1.807, 2.05) is 0 Å². The lowest BCUT2D eigenvalue weighted by molar-refractivity contribution is 0.100. The summed E-state index contributed by atoms with van der Waals surface area (Å²) in [5.74, 6) is 1.37. The molecule has 1 heterocycles. The second-order valence-electron chi connectivity index (χ2n) is 4.85. The van der Waals surface area contributed by atoms with Crippen molar-refractivity contribution in [1.82, 2.24) is 0 Å². The summed E-state index contributed by atoms with van der Waals surface area (Å²) >= 11 is 5.66. The second-order valence-corrected chi connectivity index (χ2v) is 7.05. The first kappa shape index (κ1) is 15.8. The fourth-order valence-electron chi connectivity index (χ4n) is 2.17. The van der Waals surface area contributed by atoms with Crippen molar-refractivity contribution >= 4 is 27.7 Å². The van der Waals surface area contributed by atoms with Crippen LogP contribution in [0.2, 0.25) is 0 Å². The molecule has 1 rings (SSSR count). The molecule has 0 aromatic carbocycles. The van der Waals surface area contributed by atoms with Crippen molar-refractivity contribution in [1.29, 1.82) is 0 Å². The van der Waals surface area contributed by atoms with Gasteiger partial charge in [-0.2, -0.15) is 11.8 Å². The number of hydrogen-bond donors (Lipinski definition) is 0. The van der Waals surface area contributed by atoms with Gasteiger partial charge < -0.3 is 4.74 Å². The van der Waals surface area contributed by atoms with Crippen LogP contribution < -0.4 is 0 Å². The summed E-state index contributed by atoms with van der Waals surface area (Å²) in [5, 5.41) is 2.07. The van der Waals surface area contributed by atoms with Gasteiger partial charge in [0.1, 0.15) is 0 Å². The fourth-order valence-corrected chi connectivity index (χ4v) is 3.80. The Kier molecular flexibility index (Phi) is 11.1. The molecule has 0 bridgehead atoms. The van der Waals surface area contributed by atoms with Gasteiger partial charge in [0.05, 0.1) is 0 Å². The summed E-state index contributed by atoms with van der Waals surface area (Å²) in [6.45, 7) is 1.98. The predicted octanol–water partition coefficient (Wildman–Crippen LogP) is 5.02. The first-order valence-electron chi connectivity index (χ1n) is 7.19. The molecule has 0 unspecified atom stereocenters. The van der Waals surface area contributed by atoms with Crippen LogP contribution in [0, 0.1) is 0 Å². The van der Waals surface area contributed by atoms with Crippen molar-refractivity contribution in [2.24, 2.45) is 0 Å². The van der Waals surface area contributed by atoms with E-state index in [1.54, 1.807) is 0 Å². The lowest BCUT2D eigenvalue weighted by Gasteiger charge is -2.21. The van der Waals surface area contributed by atoms with Gasteiger partial charge in [0.15, 0.2) is 0 Å². The van der Waals surface area contributed by atoms with Crippen LogP contribution in [0.4, 0.5) is 0 Å². The van der Waals surface area contributed by atoms with Crippen molar-refractivity contribution < 1.29 is 4.74 Å². The zero-order valence-corrected chi connectivity index (χ0v) is 13.4. The van der Waals surface area contributed by atoms with Crippen molar-refractivity contribution in [3.63, 3.8) is 0 Å². The first-order valence-corrected chi connectivity index (χ1v) is 9.36. The number of rotatable bonds is 10. The molecule has 0 spiro atoms. The average Bonchev–Trinajstić information content (AvgIpc) is 2.38. The highest BCUT2D eigenvalue weighted by Gasteiger charge is 2.13. The monoisotopic (exact) mass is 322 g/mol. The summed E-state index contributed by atoms with van der Waals surface area (Å²) in [7, 11) is 0. The normalized spacial score (nSPS) is 17.5. The minimum atomic E-state index is 0.891. The molecule has 0 radical (unpaired) electrons. The molecule has 17 heavy (non-hydrogen) atoms. The molecule has 102 valence electrons.